The monoisotopic (exact) mass is 239 g/mol. The molecule has 2 fully saturated rings. The van der Waals surface area contributed by atoms with Crippen molar-refractivity contribution in [3.05, 3.63) is 0 Å². The smallest absolute Gasteiger partial charge is 0.230 e. The maximum absolute atomic E-state index is 12.1. The second-order valence-electron chi connectivity index (χ2n) is 5.81. The Morgan fingerprint density at radius 2 is 2.12 bits per heavy atom. The largest absolute Gasteiger partial charge is 0.378 e. The fraction of sp³-hybridized carbons (Fsp3) is 0.846. The van der Waals surface area contributed by atoms with Crippen LogP contribution in [0, 0.1) is 17.3 Å². The third-order valence-corrected chi connectivity index (χ3v) is 4.08. The zero-order chi connectivity index (χ0) is 12.6. The molecule has 4 heteroatoms. The van der Waals surface area contributed by atoms with Crippen LogP contribution in [0.5, 0.6) is 0 Å². The molecule has 2 heterocycles. The SMILES string of the molecule is CC1CC2(CCO1)CC(=O)NC(=O)C2C(C)C. The third-order valence-electron chi connectivity index (χ3n) is 4.08. The van der Waals surface area contributed by atoms with E-state index >= 15 is 0 Å². The van der Waals surface area contributed by atoms with E-state index in [0.29, 0.717) is 13.0 Å². The van der Waals surface area contributed by atoms with Gasteiger partial charge in [-0.15, -0.1) is 0 Å². The van der Waals surface area contributed by atoms with Crippen molar-refractivity contribution in [2.75, 3.05) is 6.61 Å². The molecule has 2 amide bonds. The van der Waals surface area contributed by atoms with Gasteiger partial charge in [0, 0.05) is 18.9 Å². The van der Waals surface area contributed by atoms with E-state index in [1.165, 1.54) is 0 Å². The molecule has 1 spiro atoms. The van der Waals surface area contributed by atoms with Crippen molar-refractivity contribution >= 4 is 11.8 Å². The fourth-order valence-corrected chi connectivity index (χ4v) is 3.62. The Bertz CT molecular complexity index is 340. The lowest BCUT2D eigenvalue weighted by atomic mass is 9.61. The van der Waals surface area contributed by atoms with Crippen molar-refractivity contribution in [1.82, 2.24) is 5.32 Å². The van der Waals surface area contributed by atoms with Gasteiger partial charge >= 0.3 is 0 Å². The highest BCUT2D eigenvalue weighted by molar-refractivity contribution is 5.99. The van der Waals surface area contributed by atoms with Gasteiger partial charge in [-0.05, 0) is 31.1 Å². The van der Waals surface area contributed by atoms with Crippen LogP contribution >= 0.6 is 0 Å². The van der Waals surface area contributed by atoms with Gasteiger partial charge < -0.3 is 4.74 Å². The predicted molar refractivity (Wildman–Crippen MR) is 63.2 cm³/mol. The number of imide groups is 1. The predicted octanol–water partition coefficient (Wildman–Crippen LogP) is 1.49. The van der Waals surface area contributed by atoms with E-state index in [2.05, 4.69) is 19.2 Å². The maximum atomic E-state index is 12.1. The van der Waals surface area contributed by atoms with Crippen LogP contribution in [0.1, 0.15) is 40.0 Å². The first-order chi connectivity index (χ1) is 7.94. The van der Waals surface area contributed by atoms with E-state index in [4.69, 9.17) is 4.74 Å². The first-order valence-corrected chi connectivity index (χ1v) is 6.40. The fourth-order valence-electron chi connectivity index (χ4n) is 3.62. The van der Waals surface area contributed by atoms with Crippen molar-refractivity contribution in [2.45, 2.75) is 46.1 Å². The summed E-state index contributed by atoms with van der Waals surface area (Å²) in [4.78, 5) is 23.7. The third kappa shape index (κ3) is 2.23. The second kappa shape index (κ2) is 4.41. The van der Waals surface area contributed by atoms with E-state index in [1.54, 1.807) is 0 Å². The summed E-state index contributed by atoms with van der Waals surface area (Å²) in [5.41, 5.74) is -0.175. The molecule has 0 radical (unpaired) electrons. The summed E-state index contributed by atoms with van der Waals surface area (Å²) < 4.78 is 5.56. The zero-order valence-electron chi connectivity index (χ0n) is 10.8. The van der Waals surface area contributed by atoms with Crippen LogP contribution in [0.3, 0.4) is 0 Å². The Hall–Kier alpha value is -0.900. The number of carbonyl (C=O) groups is 2. The number of nitrogens with one attached hydrogen (secondary N) is 1. The molecule has 0 bridgehead atoms. The van der Waals surface area contributed by atoms with E-state index < -0.39 is 0 Å². The average molecular weight is 239 g/mol. The summed E-state index contributed by atoms with van der Waals surface area (Å²) in [6.45, 7) is 6.80. The summed E-state index contributed by atoms with van der Waals surface area (Å²) >= 11 is 0. The van der Waals surface area contributed by atoms with Crippen LogP contribution in [0.2, 0.25) is 0 Å². The minimum Gasteiger partial charge on any atom is -0.378 e. The Balaban J connectivity index is 2.31. The average Bonchev–Trinajstić information content (AvgIpc) is 2.13. The molecule has 0 aliphatic carbocycles. The molecule has 4 nitrogen and oxygen atoms in total. The number of amides is 2. The Morgan fingerprint density at radius 1 is 1.41 bits per heavy atom. The molecule has 3 unspecified atom stereocenters. The second-order valence-corrected chi connectivity index (χ2v) is 5.81. The number of hydrogen-bond donors (Lipinski definition) is 1. The van der Waals surface area contributed by atoms with Crippen LogP contribution in [0.25, 0.3) is 0 Å². The van der Waals surface area contributed by atoms with Gasteiger partial charge in [-0.1, -0.05) is 13.8 Å². The molecule has 2 saturated heterocycles. The van der Waals surface area contributed by atoms with E-state index in [1.807, 2.05) is 6.92 Å². The standard InChI is InChI=1S/C13H21NO3/c1-8(2)11-12(16)14-10(15)7-13(11)4-5-17-9(3)6-13/h8-9,11H,4-7H2,1-3H3,(H,14,15,16). The highest BCUT2D eigenvalue weighted by Crippen LogP contribution is 2.48. The Labute approximate surface area is 102 Å². The van der Waals surface area contributed by atoms with Crippen LogP contribution in [-0.2, 0) is 14.3 Å². The Kier molecular flexibility index (Phi) is 3.25. The van der Waals surface area contributed by atoms with Crippen molar-refractivity contribution in [1.29, 1.82) is 0 Å². The molecule has 0 saturated carbocycles. The van der Waals surface area contributed by atoms with Crippen LogP contribution in [-0.4, -0.2) is 24.5 Å². The van der Waals surface area contributed by atoms with Gasteiger partial charge in [0.15, 0.2) is 0 Å². The molecule has 2 aliphatic rings. The van der Waals surface area contributed by atoms with Crippen molar-refractivity contribution in [2.24, 2.45) is 17.3 Å². The maximum Gasteiger partial charge on any atom is 0.230 e. The summed E-state index contributed by atoms with van der Waals surface area (Å²) in [6, 6.07) is 0. The lowest BCUT2D eigenvalue weighted by Gasteiger charge is -2.48. The molecule has 17 heavy (non-hydrogen) atoms. The van der Waals surface area contributed by atoms with Gasteiger partial charge in [0.2, 0.25) is 11.8 Å². The van der Waals surface area contributed by atoms with Crippen LogP contribution in [0.15, 0.2) is 0 Å². The molecule has 0 aromatic heterocycles. The number of piperidine rings is 1. The van der Waals surface area contributed by atoms with Crippen LogP contribution < -0.4 is 5.32 Å². The van der Waals surface area contributed by atoms with E-state index in [0.717, 1.165) is 12.8 Å². The quantitative estimate of drug-likeness (QED) is 0.705. The van der Waals surface area contributed by atoms with Crippen molar-refractivity contribution < 1.29 is 14.3 Å². The molecular weight excluding hydrogens is 218 g/mol. The van der Waals surface area contributed by atoms with Gasteiger partial charge in [-0.2, -0.15) is 0 Å². The Morgan fingerprint density at radius 3 is 2.71 bits per heavy atom. The lowest BCUT2D eigenvalue weighted by Crippen LogP contribution is -2.56. The minimum absolute atomic E-state index is 0.0634. The number of carbonyl (C=O) groups excluding carboxylic acids is 2. The highest BCUT2D eigenvalue weighted by Gasteiger charge is 2.51. The highest BCUT2D eigenvalue weighted by atomic mass is 16.5. The molecule has 2 aliphatic heterocycles. The molecule has 1 N–H and O–H groups in total. The molecule has 3 atom stereocenters. The zero-order valence-corrected chi connectivity index (χ0v) is 10.8. The number of hydrogen-bond acceptors (Lipinski definition) is 3. The van der Waals surface area contributed by atoms with Crippen molar-refractivity contribution in [3.63, 3.8) is 0 Å². The van der Waals surface area contributed by atoms with Gasteiger partial charge in [-0.25, -0.2) is 0 Å². The van der Waals surface area contributed by atoms with Gasteiger partial charge in [-0.3, -0.25) is 14.9 Å². The number of rotatable bonds is 1. The van der Waals surface area contributed by atoms with Crippen molar-refractivity contribution in [3.8, 4) is 0 Å². The van der Waals surface area contributed by atoms with Crippen LogP contribution in [0.4, 0.5) is 0 Å². The summed E-state index contributed by atoms with van der Waals surface area (Å²) in [5, 5.41) is 2.48. The van der Waals surface area contributed by atoms with Gasteiger partial charge in [0.25, 0.3) is 0 Å². The topological polar surface area (TPSA) is 55.4 Å². The lowest BCUT2D eigenvalue weighted by molar-refractivity contribution is -0.154. The first kappa shape index (κ1) is 12.6. The van der Waals surface area contributed by atoms with E-state index in [9.17, 15) is 9.59 Å². The van der Waals surface area contributed by atoms with E-state index in [-0.39, 0.29) is 35.2 Å². The summed E-state index contributed by atoms with van der Waals surface area (Å²) in [6.07, 6.45) is 2.24. The summed E-state index contributed by atoms with van der Waals surface area (Å²) in [5.74, 6) is -0.0219. The molecule has 0 aromatic rings. The van der Waals surface area contributed by atoms with Gasteiger partial charge in [0.1, 0.15) is 0 Å². The van der Waals surface area contributed by atoms with Gasteiger partial charge in [0.05, 0.1) is 6.10 Å². The minimum atomic E-state index is -0.175. The molecule has 2 rings (SSSR count). The normalized spacial score (nSPS) is 38.6. The molecule has 96 valence electrons. The molecule has 0 aromatic carbocycles. The molecular formula is C13H21NO3. The number of ether oxygens (including phenoxy) is 1. The first-order valence-electron chi connectivity index (χ1n) is 6.40. The summed E-state index contributed by atoms with van der Waals surface area (Å²) in [7, 11) is 0.